The smallest absolute Gasteiger partial charge is 0.160 e. The highest BCUT2D eigenvalue weighted by Gasteiger charge is 2.24. The lowest BCUT2D eigenvalue weighted by atomic mass is 9.92. The summed E-state index contributed by atoms with van der Waals surface area (Å²) in [6, 6.07) is 63.3. The molecule has 8 aromatic carbocycles. The lowest BCUT2D eigenvalue weighted by Gasteiger charge is -2.15. The van der Waals surface area contributed by atoms with Gasteiger partial charge in [-0.05, 0) is 60.5 Å². The van der Waals surface area contributed by atoms with Crippen molar-refractivity contribution in [1.29, 1.82) is 0 Å². The van der Waals surface area contributed by atoms with Crippen molar-refractivity contribution in [2.24, 2.45) is 0 Å². The minimum atomic E-state index is 0.678. The van der Waals surface area contributed by atoms with E-state index in [0.29, 0.717) is 5.82 Å². The van der Waals surface area contributed by atoms with Gasteiger partial charge in [0.15, 0.2) is 5.82 Å². The van der Waals surface area contributed by atoms with Crippen LogP contribution < -0.4 is 0 Å². The number of hydrogen-bond donors (Lipinski definition) is 0. The highest BCUT2D eigenvalue weighted by Crippen LogP contribution is 2.47. The zero-order chi connectivity index (χ0) is 38.3. The molecule has 58 heavy (non-hydrogen) atoms. The maximum Gasteiger partial charge on any atom is 0.160 e. The Morgan fingerprint density at radius 2 is 0.828 bits per heavy atom. The molecule has 272 valence electrons. The average Bonchev–Trinajstić information content (AvgIpc) is 3.97. The van der Waals surface area contributed by atoms with Gasteiger partial charge in [0, 0.05) is 49.2 Å². The van der Waals surface area contributed by atoms with E-state index in [1.807, 2.05) is 24.3 Å². The molecular formula is C53H33N3O2. The number of para-hydroxylation sites is 2. The number of rotatable bonds is 5. The van der Waals surface area contributed by atoms with E-state index in [9.17, 15) is 0 Å². The monoisotopic (exact) mass is 743 g/mol. The lowest BCUT2D eigenvalue weighted by Crippen LogP contribution is -2.00. The molecule has 0 saturated carbocycles. The average molecular weight is 744 g/mol. The number of aromatic nitrogens is 3. The standard InChI is InChI=1S/C53H33N3O2/c1-32-51(33-16-4-2-5-17-33)54-53(34-18-6-3-7-19-34)55-52(32)39-24-14-30-45-49(39)47-37(22-12-28-43(47)57-45)38-23-13-29-44-48(38)50-42(27-15-31-46(50)58-44)56-40-25-10-8-20-35(40)36-21-9-11-26-41(36)56/h2-31H,1H3. The summed E-state index contributed by atoms with van der Waals surface area (Å²) in [7, 11) is 0. The predicted molar refractivity (Wildman–Crippen MR) is 237 cm³/mol. The summed E-state index contributed by atoms with van der Waals surface area (Å²) in [6.07, 6.45) is 0. The van der Waals surface area contributed by atoms with Gasteiger partial charge < -0.3 is 13.4 Å². The fourth-order valence-electron chi connectivity index (χ4n) is 9.10. The topological polar surface area (TPSA) is 57.0 Å². The molecule has 0 N–H and O–H groups in total. The van der Waals surface area contributed by atoms with Crippen LogP contribution in [0.3, 0.4) is 0 Å². The first kappa shape index (κ1) is 32.5. The molecule has 0 aliphatic rings. The third-order valence-electron chi connectivity index (χ3n) is 11.6. The third-order valence-corrected chi connectivity index (χ3v) is 11.6. The summed E-state index contributed by atoms with van der Waals surface area (Å²) >= 11 is 0. The zero-order valence-corrected chi connectivity index (χ0v) is 31.5. The normalized spacial score (nSPS) is 11.9. The Kier molecular flexibility index (Phi) is 7.07. The van der Waals surface area contributed by atoms with Crippen molar-refractivity contribution in [3.63, 3.8) is 0 Å². The van der Waals surface area contributed by atoms with Gasteiger partial charge in [-0.15, -0.1) is 0 Å². The van der Waals surface area contributed by atoms with Crippen molar-refractivity contribution in [2.75, 3.05) is 0 Å². The predicted octanol–water partition coefficient (Wildman–Crippen LogP) is 14.3. The van der Waals surface area contributed by atoms with Gasteiger partial charge in [-0.25, -0.2) is 9.97 Å². The van der Waals surface area contributed by atoms with E-state index >= 15 is 0 Å². The van der Waals surface area contributed by atoms with Crippen LogP contribution in [0.15, 0.2) is 191 Å². The van der Waals surface area contributed by atoms with Gasteiger partial charge in [-0.1, -0.05) is 140 Å². The quantitative estimate of drug-likeness (QED) is 0.176. The van der Waals surface area contributed by atoms with E-state index in [2.05, 4.69) is 169 Å². The van der Waals surface area contributed by atoms with Crippen LogP contribution in [-0.4, -0.2) is 14.5 Å². The molecule has 0 unspecified atom stereocenters. The molecule has 0 radical (unpaired) electrons. The van der Waals surface area contributed by atoms with Gasteiger partial charge in [0.1, 0.15) is 22.3 Å². The molecule has 0 aliphatic carbocycles. The van der Waals surface area contributed by atoms with E-state index in [-0.39, 0.29) is 0 Å². The first-order chi connectivity index (χ1) is 28.7. The molecule has 0 saturated heterocycles. The Morgan fingerprint density at radius 1 is 0.379 bits per heavy atom. The van der Waals surface area contributed by atoms with Crippen LogP contribution in [-0.2, 0) is 0 Å². The number of benzene rings is 8. The summed E-state index contributed by atoms with van der Waals surface area (Å²) in [6.45, 7) is 2.13. The highest BCUT2D eigenvalue weighted by molar-refractivity contribution is 6.23. The van der Waals surface area contributed by atoms with Crippen molar-refractivity contribution in [3.8, 4) is 50.7 Å². The van der Waals surface area contributed by atoms with Crippen LogP contribution in [0.25, 0.3) is 116 Å². The summed E-state index contributed by atoms with van der Waals surface area (Å²) in [5.74, 6) is 0.678. The highest BCUT2D eigenvalue weighted by atomic mass is 16.3. The van der Waals surface area contributed by atoms with E-state index in [1.165, 1.54) is 10.8 Å². The number of hydrogen-bond acceptors (Lipinski definition) is 4. The second kappa shape index (κ2) is 12.6. The van der Waals surface area contributed by atoms with E-state index in [1.54, 1.807) is 0 Å². The first-order valence-corrected chi connectivity index (χ1v) is 19.6. The Hall–Kier alpha value is -7.76. The van der Waals surface area contributed by atoms with Crippen LogP contribution in [0.5, 0.6) is 0 Å². The van der Waals surface area contributed by atoms with Crippen LogP contribution in [0.1, 0.15) is 5.56 Å². The molecule has 0 fully saturated rings. The summed E-state index contributed by atoms with van der Waals surface area (Å²) in [5, 5.41) is 6.61. The number of fused-ring (bicyclic) bond motifs is 9. The molecule has 12 rings (SSSR count). The summed E-state index contributed by atoms with van der Waals surface area (Å²) < 4.78 is 15.8. The second-order valence-corrected chi connectivity index (χ2v) is 14.9. The molecule has 0 aliphatic heterocycles. The largest absolute Gasteiger partial charge is 0.456 e. The SMILES string of the molecule is Cc1c(-c2ccccc2)nc(-c2ccccc2)nc1-c1cccc2oc3cccc(-c4cccc5oc6cccc(-n7c8ccccc8c8ccccc87)c6c45)c3c12. The van der Waals surface area contributed by atoms with E-state index in [0.717, 1.165) is 105 Å². The lowest BCUT2D eigenvalue weighted by molar-refractivity contribution is 0.668. The number of nitrogens with zero attached hydrogens (tertiary/aromatic N) is 3. The fourth-order valence-corrected chi connectivity index (χ4v) is 9.10. The fraction of sp³-hybridized carbons (Fsp3) is 0.0189. The summed E-state index contributed by atoms with van der Waals surface area (Å²) in [4.78, 5) is 10.5. The van der Waals surface area contributed by atoms with Crippen molar-refractivity contribution in [2.45, 2.75) is 6.92 Å². The molecular weight excluding hydrogens is 711 g/mol. The van der Waals surface area contributed by atoms with Crippen LogP contribution >= 0.6 is 0 Å². The molecule has 4 aromatic heterocycles. The molecule has 0 spiro atoms. The van der Waals surface area contributed by atoms with Crippen molar-refractivity contribution in [1.82, 2.24) is 14.5 Å². The van der Waals surface area contributed by atoms with Gasteiger partial charge in [-0.2, -0.15) is 0 Å². The minimum Gasteiger partial charge on any atom is -0.456 e. The van der Waals surface area contributed by atoms with E-state index in [4.69, 9.17) is 18.8 Å². The van der Waals surface area contributed by atoms with Gasteiger partial charge in [0.2, 0.25) is 0 Å². The van der Waals surface area contributed by atoms with Gasteiger partial charge in [0.05, 0.1) is 33.5 Å². The minimum absolute atomic E-state index is 0.678. The van der Waals surface area contributed by atoms with Crippen LogP contribution in [0.2, 0.25) is 0 Å². The molecule has 4 heterocycles. The van der Waals surface area contributed by atoms with Crippen molar-refractivity contribution >= 4 is 65.7 Å². The molecule has 5 nitrogen and oxygen atoms in total. The Labute approximate surface area is 333 Å². The maximum atomic E-state index is 6.74. The van der Waals surface area contributed by atoms with Gasteiger partial charge >= 0.3 is 0 Å². The number of furan rings is 2. The van der Waals surface area contributed by atoms with Crippen LogP contribution in [0.4, 0.5) is 0 Å². The van der Waals surface area contributed by atoms with E-state index < -0.39 is 0 Å². The third kappa shape index (κ3) is 4.77. The van der Waals surface area contributed by atoms with Gasteiger partial charge in [0.25, 0.3) is 0 Å². The van der Waals surface area contributed by atoms with Crippen molar-refractivity contribution in [3.05, 3.63) is 188 Å². The maximum absolute atomic E-state index is 6.74. The molecule has 12 aromatic rings. The zero-order valence-electron chi connectivity index (χ0n) is 31.5. The Balaban J connectivity index is 1.16. The van der Waals surface area contributed by atoms with Crippen LogP contribution in [0, 0.1) is 6.92 Å². The van der Waals surface area contributed by atoms with Crippen molar-refractivity contribution < 1.29 is 8.83 Å². The Bertz CT molecular complexity index is 3520. The molecule has 0 atom stereocenters. The Morgan fingerprint density at radius 3 is 1.43 bits per heavy atom. The molecule has 0 bridgehead atoms. The molecule has 5 heteroatoms. The second-order valence-electron chi connectivity index (χ2n) is 14.9. The molecule has 0 amide bonds. The van der Waals surface area contributed by atoms with Gasteiger partial charge in [-0.3, -0.25) is 0 Å². The first-order valence-electron chi connectivity index (χ1n) is 19.6. The summed E-state index contributed by atoms with van der Waals surface area (Å²) in [5.41, 5.74) is 14.6.